The fraction of sp³-hybridized carbons (Fsp3) is 0.222. The topological polar surface area (TPSA) is 329 Å². The highest BCUT2D eigenvalue weighted by molar-refractivity contribution is 8.01. The van der Waals surface area contributed by atoms with Crippen molar-refractivity contribution in [2.24, 2.45) is 5.16 Å². The van der Waals surface area contributed by atoms with E-state index in [1.54, 1.807) is 13.0 Å². The van der Waals surface area contributed by atoms with Crippen LogP contribution in [-0.4, -0.2) is 119 Å². The van der Waals surface area contributed by atoms with Gasteiger partial charge < -0.3 is 41.4 Å². The minimum absolute atomic E-state index is 0.0526. The number of nitrogens with two attached hydrogens (primary N) is 1. The number of hydrogen-bond donors (Lipinski definition) is 9. The number of aromatic hydroxyl groups is 4. The first-order valence-electron chi connectivity index (χ1n) is 17.6. The number of phenolic OH excluding ortho intramolecular Hbond substituents is 4. The Morgan fingerprint density at radius 1 is 1.00 bits per heavy atom. The van der Waals surface area contributed by atoms with Crippen LogP contribution in [0.15, 0.2) is 69.3 Å². The SMILES string of the molecule is Cc1cc(SCC2=C(C(=O)O)N3C(=O)[C@@H](NC(=O)C(=NOC(C)(C)C(=O)NNC(=O)c4ccc(O)c(O)c4)c4csc(N)n4)[C@H]3SC2)n2nc(-c3ccc(O)c(O)c3)nc2n1. The number of thioether (sulfide) groups is 2. The zero-order chi connectivity index (χ0) is 43.9. The van der Waals surface area contributed by atoms with Crippen molar-refractivity contribution in [3.8, 4) is 34.4 Å². The van der Waals surface area contributed by atoms with E-state index in [-0.39, 0.29) is 56.7 Å². The predicted molar refractivity (Wildman–Crippen MR) is 218 cm³/mol. The Bertz CT molecular complexity index is 2720. The number of β-lactam (4-membered cyclic amide) rings is 1. The molecule has 316 valence electrons. The van der Waals surface area contributed by atoms with Crippen LogP contribution in [0.2, 0.25) is 0 Å². The van der Waals surface area contributed by atoms with Crippen molar-refractivity contribution in [3.63, 3.8) is 0 Å². The van der Waals surface area contributed by atoms with Gasteiger partial charge in [0.15, 0.2) is 39.7 Å². The van der Waals surface area contributed by atoms with Crippen LogP contribution in [0.25, 0.3) is 17.2 Å². The Morgan fingerprint density at radius 2 is 1.72 bits per heavy atom. The quantitative estimate of drug-likeness (QED) is 0.0214. The number of rotatable bonds is 12. The number of amides is 4. The molecule has 10 N–H and O–H groups in total. The number of carbonyl (C=O) groups is 5. The highest BCUT2D eigenvalue weighted by atomic mass is 32.2. The van der Waals surface area contributed by atoms with E-state index in [1.807, 2.05) is 0 Å². The molecule has 5 heterocycles. The van der Waals surface area contributed by atoms with Gasteiger partial charge in [-0.3, -0.25) is 34.9 Å². The molecule has 1 saturated heterocycles. The number of aromatic nitrogens is 5. The first-order valence-corrected chi connectivity index (χ1v) is 20.5. The lowest BCUT2D eigenvalue weighted by atomic mass is 10.0. The van der Waals surface area contributed by atoms with Crippen molar-refractivity contribution < 1.29 is 54.3 Å². The number of anilines is 1. The van der Waals surface area contributed by atoms with Crippen LogP contribution in [0.5, 0.6) is 23.0 Å². The Hall–Kier alpha value is -7.12. The third-order valence-electron chi connectivity index (χ3n) is 8.99. The molecule has 2 aliphatic rings. The summed E-state index contributed by atoms with van der Waals surface area (Å²) >= 11 is 3.44. The van der Waals surface area contributed by atoms with Gasteiger partial charge in [0.05, 0.1) is 0 Å². The molecule has 1 fully saturated rings. The Morgan fingerprint density at radius 3 is 2.39 bits per heavy atom. The van der Waals surface area contributed by atoms with E-state index in [0.717, 1.165) is 28.4 Å². The molecule has 61 heavy (non-hydrogen) atoms. The third-order valence-corrected chi connectivity index (χ3v) is 12.1. The summed E-state index contributed by atoms with van der Waals surface area (Å²) in [6, 6.07) is 7.96. The van der Waals surface area contributed by atoms with Crippen LogP contribution in [0.1, 0.15) is 35.6 Å². The summed E-state index contributed by atoms with van der Waals surface area (Å²) in [7, 11) is 0. The summed E-state index contributed by atoms with van der Waals surface area (Å²) in [6.45, 7) is 4.31. The number of aryl methyl sites for hydroxylation is 1. The number of carbonyl (C=O) groups excluding carboxylic acids is 4. The molecule has 22 nitrogen and oxygen atoms in total. The maximum atomic E-state index is 13.7. The first-order chi connectivity index (χ1) is 28.9. The number of carboxylic acids is 1. The van der Waals surface area contributed by atoms with Crippen molar-refractivity contribution in [2.45, 2.75) is 42.8 Å². The number of benzene rings is 2. The van der Waals surface area contributed by atoms with Crippen LogP contribution in [0.3, 0.4) is 0 Å². The second-order valence-electron chi connectivity index (χ2n) is 13.7. The smallest absolute Gasteiger partial charge is 0.352 e. The summed E-state index contributed by atoms with van der Waals surface area (Å²) in [5.74, 6) is -5.66. The number of fused-ring (bicyclic) bond motifs is 2. The zero-order valence-corrected chi connectivity index (χ0v) is 34.3. The lowest BCUT2D eigenvalue weighted by molar-refractivity contribution is -0.150. The molecule has 0 aliphatic carbocycles. The van der Waals surface area contributed by atoms with Crippen molar-refractivity contribution in [1.82, 2.24) is 45.6 Å². The zero-order valence-electron chi connectivity index (χ0n) is 31.8. The van der Waals surface area contributed by atoms with E-state index in [0.29, 0.717) is 21.9 Å². The molecule has 2 aliphatic heterocycles. The molecule has 0 spiro atoms. The summed E-state index contributed by atoms with van der Waals surface area (Å²) in [6.07, 6.45) is 0. The van der Waals surface area contributed by atoms with Gasteiger partial charge in [-0.05, 0) is 68.8 Å². The number of aliphatic carboxylic acids is 1. The van der Waals surface area contributed by atoms with E-state index < -0.39 is 63.8 Å². The van der Waals surface area contributed by atoms with E-state index in [2.05, 4.69) is 41.4 Å². The highest BCUT2D eigenvalue weighted by Crippen LogP contribution is 2.42. The van der Waals surface area contributed by atoms with Crippen LogP contribution < -0.4 is 21.9 Å². The maximum Gasteiger partial charge on any atom is 0.352 e. The molecule has 25 heteroatoms. The largest absolute Gasteiger partial charge is 0.504 e. The van der Waals surface area contributed by atoms with Gasteiger partial charge in [-0.25, -0.2) is 14.8 Å². The summed E-state index contributed by atoms with van der Waals surface area (Å²) in [5.41, 5.74) is 8.87. The van der Waals surface area contributed by atoms with Crippen LogP contribution in [-0.2, 0) is 24.0 Å². The molecule has 4 amide bonds. The molecule has 0 bridgehead atoms. The molecular weight excluding hydrogens is 859 g/mol. The number of hydrogen-bond acceptors (Lipinski definition) is 19. The average Bonchev–Trinajstić information content (AvgIpc) is 3.85. The Labute approximate surface area is 355 Å². The number of phenols is 4. The predicted octanol–water partition coefficient (Wildman–Crippen LogP) is 1.45. The average molecular weight is 892 g/mol. The monoisotopic (exact) mass is 891 g/mol. The van der Waals surface area contributed by atoms with Crippen molar-refractivity contribution >= 4 is 81.1 Å². The fourth-order valence-electron chi connectivity index (χ4n) is 5.81. The van der Waals surface area contributed by atoms with Gasteiger partial charge in [0.1, 0.15) is 27.8 Å². The van der Waals surface area contributed by atoms with Crippen molar-refractivity contribution in [2.75, 3.05) is 17.2 Å². The van der Waals surface area contributed by atoms with Gasteiger partial charge in [-0.1, -0.05) is 5.16 Å². The van der Waals surface area contributed by atoms with Gasteiger partial charge in [-0.15, -0.1) is 40.0 Å². The van der Waals surface area contributed by atoms with Gasteiger partial charge in [0.2, 0.25) is 5.60 Å². The molecular formula is C36H33N11O11S3. The minimum atomic E-state index is -1.83. The number of nitrogens with one attached hydrogen (secondary N) is 3. The number of oxime groups is 1. The molecule has 0 saturated carbocycles. The van der Waals surface area contributed by atoms with Gasteiger partial charge in [-0.2, -0.15) is 9.50 Å². The Kier molecular flexibility index (Phi) is 11.4. The third kappa shape index (κ3) is 8.50. The normalized spacial score (nSPS) is 16.5. The second-order valence-corrected chi connectivity index (χ2v) is 16.7. The van der Waals surface area contributed by atoms with Gasteiger partial charge >= 0.3 is 5.97 Å². The number of hydrazine groups is 1. The van der Waals surface area contributed by atoms with E-state index in [1.165, 1.54) is 71.5 Å². The van der Waals surface area contributed by atoms with E-state index in [9.17, 15) is 49.5 Å². The molecule has 5 aromatic rings. The lowest BCUT2D eigenvalue weighted by Gasteiger charge is -2.49. The first kappa shape index (κ1) is 42.0. The Balaban J connectivity index is 1.04. The molecule has 0 unspecified atom stereocenters. The van der Waals surface area contributed by atoms with E-state index in [4.69, 9.17) is 10.6 Å². The van der Waals surface area contributed by atoms with Gasteiger partial charge in [0.25, 0.3) is 29.4 Å². The highest BCUT2D eigenvalue weighted by Gasteiger charge is 2.54. The molecule has 2 atom stereocenters. The van der Waals surface area contributed by atoms with Crippen LogP contribution in [0, 0.1) is 6.92 Å². The van der Waals surface area contributed by atoms with Gasteiger partial charge in [0, 0.05) is 33.7 Å². The summed E-state index contributed by atoms with van der Waals surface area (Å²) in [5, 5.41) is 61.4. The summed E-state index contributed by atoms with van der Waals surface area (Å²) in [4.78, 5) is 85.0. The molecule has 7 rings (SSSR count). The molecule has 3 aromatic heterocycles. The maximum absolute atomic E-state index is 13.7. The molecule has 2 aromatic carbocycles. The van der Waals surface area contributed by atoms with Crippen molar-refractivity contribution in [1.29, 1.82) is 0 Å². The lowest BCUT2D eigenvalue weighted by Crippen LogP contribution is -2.71. The number of thiazole rings is 1. The standard InChI is InChI=1S/C36H33N11O11S3/c1-14-8-23(47-35(38-14)41-27(44-47)15-4-6-19(48)21(50)9-15)59-11-17-12-60-31-25(30(54)46(31)26(17)32(55)56)40-29(53)24(18-13-61-34(37)39-18)45-58-36(2,3)33(57)43-42-28(52)16-5-7-20(49)22(51)10-16/h4-10,13,25,31,48-51H,11-12H2,1-3H3,(H2,37,39)(H,40,53)(H,42,52)(H,43,57)(H,55,56)/t25-,31-/m1/s1. The van der Waals surface area contributed by atoms with Crippen LogP contribution >= 0.6 is 34.9 Å². The minimum Gasteiger partial charge on any atom is -0.504 e. The number of nitrogens with zero attached hydrogens (tertiary/aromatic N) is 7. The number of nitrogen functional groups attached to an aromatic ring is 1. The molecule has 0 radical (unpaired) electrons. The van der Waals surface area contributed by atoms with Crippen molar-refractivity contribution in [3.05, 3.63) is 76.1 Å². The van der Waals surface area contributed by atoms with E-state index >= 15 is 0 Å². The fourth-order valence-corrected chi connectivity index (χ4v) is 8.89. The number of carboxylic acid groups (broad SMARTS) is 1. The van der Waals surface area contributed by atoms with Crippen LogP contribution in [0.4, 0.5) is 5.13 Å². The summed E-state index contributed by atoms with van der Waals surface area (Å²) < 4.78 is 1.47. The second kappa shape index (κ2) is 16.5.